The van der Waals surface area contributed by atoms with Gasteiger partial charge in [0.25, 0.3) is 0 Å². The first-order chi connectivity index (χ1) is 11.0. The van der Waals surface area contributed by atoms with Crippen molar-refractivity contribution in [3.05, 3.63) is 0 Å². The second-order valence-electron chi connectivity index (χ2n) is 5.89. The minimum atomic E-state index is -1.28. The Kier molecular flexibility index (Phi) is 31.6. The van der Waals surface area contributed by atoms with E-state index in [1.165, 1.54) is 38.5 Å². The fourth-order valence-electron chi connectivity index (χ4n) is 2.21. The fourth-order valence-corrected chi connectivity index (χ4v) is 2.21. The number of aliphatic carboxylic acids is 1. The second-order valence-corrected chi connectivity index (χ2v) is 5.89. The quantitative estimate of drug-likeness (QED) is 0.132. The number of esters is 2. The van der Waals surface area contributed by atoms with E-state index in [1.54, 1.807) is 0 Å². The Balaban J connectivity index is -0.000000807. The van der Waals surface area contributed by atoms with E-state index in [9.17, 15) is 19.5 Å². The maximum absolute atomic E-state index is 11.5. The third-order valence-corrected chi connectivity index (χ3v) is 3.66. The van der Waals surface area contributed by atoms with Gasteiger partial charge in [0.1, 0.15) is 6.04 Å². The molecule has 0 radical (unpaired) electrons. The van der Waals surface area contributed by atoms with E-state index >= 15 is 0 Å². The predicted molar refractivity (Wildman–Crippen MR) is 85.2 cm³/mol. The molecule has 9 heteroatoms. The number of carbonyl (C=O) groups excluding carboxylic acids is 3. The standard InChI is InChI=1S/C17H31NO5.ClH.2Na/c1-2-3-4-5-6-7-8-9-10-11-16(21)23-17(22)14(18)12-13-15(19)20;;;/h14H,2-13,18H2,1H3,(H,19,20);1H;;/q;;2*+1/p-2/t14-;;;/m0.../s1. The van der Waals surface area contributed by atoms with Gasteiger partial charge in [-0.15, -0.1) is 0 Å². The molecular formula is C17H30ClNNa2O5. The summed E-state index contributed by atoms with van der Waals surface area (Å²) in [6.45, 7) is 2.19. The average Bonchev–Trinajstić information content (AvgIpc) is 2.50. The first kappa shape index (κ1) is 34.4. The summed E-state index contributed by atoms with van der Waals surface area (Å²) in [4.78, 5) is 33.2. The molecule has 142 valence electrons. The fraction of sp³-hybridized carbons (Fsp3) is 0.824. The summed E-state index contributed by atoms with van der Waals surface area (Å²) in [7, 11) is 0. The molecule has 0 aromatic rings. The van der Waals surface area contributed by atoms with Crippen LogP contribution in [0.3, 0.4) is 0 Å². The number of carboxylic acids is 1. The number of hydrogen-bond acceptors (Lipinski definition) is 6. The van der Waals surface area contributed by atoms with Crippen LogP contribution >= 0.6 is 0 Å². The van der Waals surface area contributed by atoms with Gasteiger partial charge in [0.15, 0.2) is 0 Å². The molecule has 0 unspecified atom stereocenters. The molecule has 6 nitrogen and oxygen atoms in total. The van der Waals surface area contributed by atoms with Gasteiger partial charge in [0.05, 0.1) is 0 Å². The van der Waals surface area contributed by atoms with Crippen LogP contribution in [0.4, 0.5) is 0 Å². The van der Waals surface area contributed by atoms with Crippen molar-refractivity contribution >= 4 is 17.9 Å². The molecule has 0 rings (SSSR count). The predicted octanol–water partition coefficient (Wildman–Crippen LogP) is -7.15. The van der Waals surface area contributed by atoms with Crippen molar-refractivity contribution < 1.29 is 95.7 Å². The Bertz CT molecular complexity index is 373. The Morgan fingerprint density at radius 3 is 1.81 bits per heavy atom. The Morgan fingerprint density at radius 2 is 1.35 bits per heavy atom. The van der Waals surface area contributed by atoms with Gasteiger partial charge in [-0.25, -0.2) is 4.79 Å². The van der Waals surface area contributed by atoms with Crippen LogP contribution in [0.1, 0.15) is 84.0 Å². The van der Waals surface area contributed by atoms with E-state index < -0.39 is 23.9 Å². The van der Waals surface area contributed by atoms with Crippen molar-refractivity contribution in [2.24, 2.45) is 5.73 Å². The number of halogens is 1. The molecule has 2 N–H and O–H groups in total. The monoisotopic (exact) mass is 409 g/mol. The maximum atomic E-state index is 11.5. The zero-order valence-corrected chi connectivity index (χ0v) is 21.3. The van der Waals surface area contributed by atoms with E-state index in [-0.39, 0.29) is 90.8 Å². The molecule has 0 aliphatic carbocycles. The minimum absolute atomic E-state index is 0. The van der Waals surface area contributed by atoms with Gasteiger partial charge in [-0.1, -0.05) is 58.3 Å². The van der Waals surface area contributed by atoms with Crippen LogP contribution in [0.5, 0.6) is 0 Å². The summed E-state index contributed by atoms with van der Waals surface area (Å²) < 4.78 is 4.60. The van der Waals surface area contributed by atoms with Gasteiger partial charge in [-0.05, 0) is 19.3 Å². The number of carboxylic acid groups (broad SMARTS) is 1. The van der Waals surface area contributed by atoms with E-state index in [4.69, 9.17) is 5.73 Å². The molecule has 0 aromatic heterocycles. The number of ether oxygens (including phenoxy) is 1. The van der Waals surface area contributed by atoms with Gasteiger partial charge >= 0.3 is 71.1 Å². The Morgan fingerprint density at radius 1 is 0.885 bits per heavy atom. The van der Waals surface area contributed by atoms with Crippen molar-refractivity contribution in [1.82, 2.24) is 0 Å². The number of carbonyl (C=O) groups is 3. The minimum Gasteiger partial charge on any atom is -1.00 e. The zero-order valence-electron chi connectivity index (χ0n) is 16.6. The molecule has 0 amide bonds. The molecular weight excluding hydrogens is 380 g/mol. The largest absolute Gasteiger partial charge is 1.00 e. The Hall–Kier alpha value is 0.860. The molecule has 0 fully saturated rings. The van der Waals surface area contributed by atoms with E-state index in [1.807, 2.05) is 0 Å². The SMILES string of the molecule is CCCCCCCCCCCC(=O)OC(=O)[C@@H](N)CCC(=O)[O-].[Cl-].[Na+].[Na+]. The van der Waals surface area contributed by atoms with E-state index in [2.05, 4.69) is 11.7 Å². The number of unbranched alkanes of at least 4 members (excludes halogenated alkanes) is 8. The molecule has 0 saturated carbocycles. The second kappa shape index (κ2) is 23.9. The summed E-state index contributed by atoms with van der Waals surface area (Å²) in [5.74, 6) is -2.75. The van der Waals surface area contributed by atoms with Crippen molar-refractivity contribution in [1.29, 1.82) is 0 Å². The topological polar surface area (TPSA) is 110 Å². The molecule has 1 atom stereocenters. The van der Waals surface area contributed by atoms with Crippen LogP contribution < -0.4 is 82.4 Å². The first-order valence-electron chi connectivity index (χ1n) is 8.67. The Labute approximate surface area is 207 Å². The number of rotatable bonds is 14. The molecule has 26 heavy (non-hydrogen) atoms. The van der Waals surface area contributed by atoms with Gasteiger partial charge in [0, 0.05) is 12.4 Å². The molecule has 0 aliphatic heterocycles. The zero-order chi connectivity index (χ0) is 17.5. The van der Waals surface area contributed by atoms with Crippen molar-refractivity contribution in [2.45, 2.75) is 90.0 Å². The van der Waals surface area contributed by atoms with Crippen molar-refractivity contribution in [3.8, 4) is 0 Å². The van der Waals surface area contributed by atoms with Gasteiger partial charge in [0.2, 0.25) is 0 Å². The third-order valence-electron chi connectivity index (χ3n) is 3.66. The van der Waals surface area contributed by atoms with Crippen molar-refractivity contribution in [3.63, 3.8) is 0 Å². The van der Waals surface area contributed by atoms with Crippen LogP contribution in [0.2, 0.25) is 0 Å². The van der Waals surface area contributed by atoms with Gasteiger partial charge in [-0.2, -0.15) is 0 Å². The van der Waals surface area contributed by atoms with Crippen LogP contribution in [-0.2, 0) is 19.1 Å². The van der Waals surface area contributed by atoms with E-state index in [0.29, 0.717) is 6.42 Å². The molecule has 0 saturated heterocycles. The maximum Gasteiger partial charge on any atom is 1.00 e. The third kappa shape index (κ3) is 22.9. The van der Waals surface area contributed by atoms with Gasteiger partial charge < -0.3 is 32.8 Å². The summed E-state index contributed by atoms with van der Waals surface area (Å²) in [6.07, 6.45) is 9.99. The summed E-state index contributed by atoms with van der Waals surface area (Å²) in [5.41, 5.74) is 5.44. The summed E-state index contributed by atoms with van der Waals surface area (Å²) in [6, 6.07) is -1.10. The van der Waals surface area contributed by atoms with Crippen molar-refractivity contribution in [2.75, 3.05) is 0 Å². The van der Waals surface area contributed by atoms with Crippen LogP contribution in [0, 0.1) is 0 Å². The molecule has 0 aliphatic rings. The number of hydrogen-bond donors (Lipinski definition) is 1. The molecule has 0 heterocycles. The number of nitrogens with two attached hydrogens (primary N) is 1. The molecule has 0 spiro atoms. The van der Waals surface area contributed by atoms with Crippen LogP contribution in [-0.4, -0.2) is 23.9 Å². The van der Waals surface area contributed by atoms with Crippen LogP contribution in [0.25, 0.3) is 0 Å². The molecule has 0 aromatic carbocycles. The molecule has 0 bridgehead atoms. The summed E-state index contributed by atoms with van der Waals surface area (Å²) >= 11 is 0. The van der Waals surface area contributed by atoms with Gasteiger partial charge in [-0.3, -0.25) is 4.79 Å². The first-order valence-corrected chi connectivity index (χ1v) is 8.67. The smallest absolute Gasteiger partial charge is 1.00 e. The average molecular weight is 410 g/mol. The van der Waals surface area contributed by atoms with E-state index in [0.717, 1.165) is 12.8 Å². The normalized spacial score (nSPS) is 10.5. The summed E-state index contributed by atoms with van der Waals surface area (Å²) in [5, 5.41) is 10.3. The van der Waals surface area contributed by atoms with Crippen LogP contribution in [0.15, 0.2) is 0 Å².